The molecular formula is C19H23N5O4S2. The Labute approximate surface area is 179 Å². The molecule has 9 nitrogen and oxygen atoms in total. The molecule has 11 heteroatoms. The van der Waals surface area contributed by atoms with E-state index in [-0.39, 0.29) is 36.4 Å². The van der Waals surface area contributed by atoms with Gasteiger partial charge in [0.05, 0.1) is 35.3 Å². The molecule has 4 heterocycles. The third-order valence-electron chi connectivity index (χ3n) is 5.40. The van der Waals surface area contributed by atoms with Crippen molar-refractivity contribution in [2.24, 2.45) is 0 Å². The molecular weight excluding hydrogens is 426 g/mol. The molecule has 0 aliphatic carbocycles. The summed E-state index contributed by atoms with van der Waals surface area (Å²) in [5.74, 6) is 0.652. The molecule has 160 valence electrons. The van der Waals surface area contributed by atoms with Gasteiger partial charge in [0.25, 0.3) is 5.56 Å². The Kier molecular flexibility index (Phi) is 5.94. The van der Waals surface area contributed by atoms with E-state index in [1.54, 1.807) is 11.1 Å². The molecule has 2 aliphatic heterocycles. The lowest BCUT2D eigenvalue weighted by Crippen LogP contribution is -2.40. The largest absolute Gasteiger partial charge is 0.332 e. The van der Waals surface area contributed by atoms with Crippen LogP contribution in [-0.4, -0.2) is 63.6 Å². The van der Waals surface area contributed by atoms with E-state index in [9.17, 15) is 18.0 Å². The maximum absolute atomic E-state index is 12.8. The molecule has 1 fully saturated rings. The highest BCUT2D eigenvalue weighted by Gasteiger charge is 2.33. The van der Waals surface area contributed by atoms with Crippen molar-refractivity contribution >= 4 is 27.7 Å². The first-order valence-corrected chi connectivity index (χ1v) is 12.6. The lowest BCUT2D eigenvalue weighted by atomic mass is 10.1. The molecule has 0 radical (unpaired) electrons. The number of nitrogens with zero attached hydrogens (tertiary/aromatic N) is 4. The van der Waals surface area contributed by atoms with Crippen LogP contribution in [0.2, 0.25) is 0 Å². The number of sulfonamides is 1. The van der Waals surface area contributed by atoms with Gasteiger partial charge in [-0.2, -0.15) is 4.31 Å². The minimum absolute atomic E-state index is 0.0358. The molecule has 1 N–H and O–H groups in total. The van der Waals surface area contributed by atoms with Crippen molar-refractivity contribution in [3.8, 4) is 0 Å². The van der Waals surface area contributed by atoms with Crippen LogP contribution in [-0.2, 0) is 27.8 Å². The molecule has 2 aromatic heterocycles. The summed E-state index contributed by atoms with van der Waals surface area (Å²) in [4.78, 5) is 38.8. The van der Waals surface area contributed by atoms with Gasteiger partial charge in [-0.15, -0.1) is 0 Å². The van der Waals surface area contributed by atoms with Gasteiger partial charge in [-0.05, 0) is 31.4 Å². The Bertz CT molecular complexity index is 1100. The number of fused-ring (bicyclic) bond motifs is 1. The fraction of sp³-hybridized carbons (Fsp3) is 0.474. The highest BCUT2D eigenvalue weighted by atomic mass is 32.2. The summed E-state index contributed by atoms with van der Waals surface area (Å²) in [5.41, 5.74) is 0.762. The van der Waals surface area contributed by atoms with E-state index in [2.05, 4.69) is 15.0 Å². The number of amides is 1. The molecule has 2 aliphatic rings. The summed E-state index contributed by atoms with van der Waals surface area (Å²) < 4.78 is 25.1. The second-order valence-corrected chi connectivity index (χ2v) is 10.4. The van der Waals surface area contributed by atoms with Gasteiger partial charge in [-0.25, -0.2) is 18.4 Å². The van der Waals surface area contributed by atoms with Crippen LogP contribution in [0.1, 0.15) is 36.0 Å². The topological polar surface area (TPSA) is 116 Å². The van der Waals surface area contributed by atoms with Crippen LogP contribution in [0.15, 0.2) is 34.2 Å². The smallest absolute Gasteiger partial charge is 0.254 e. The number of carbonyl (C=O) groups excluding carboxylic acids is 1. The summed E-state index contributed by atoms with van der Waals surface area (Å²) >= 11 is 1.37. The predicted molar refractivity (Wildman–Crippen MR) is 112 cm³/mol. The number of rotatable bonds is 5. The third kappa shape index (κ3) is 4.42. The minimum atomic E-state index is -3.36. The van der Waals surface area contributed by atoms with Crippen molar-refractivity contribution in [3.05, 3.63) is 51.8 Å². The number of likely N-dealkylation sites (tertiary alicyclic amines) is 1. The van der Waals surface area contributed by atoms with Gasteiger partial charge in [-0.3, -0.25) is 9.59 Å². The Morgan fingerprint density at radius 1 is 1.33 bits per heavy atom. The lowest BCUT2D eigenvalue weighted by molar-refractivity contribution is -0.129. The highest BCUT2D eigenvalue weighted by molar-refractivity contribution is 7.99. The van der Waals surface area contributed by atoms with Gasteiger partial charge >= 0.3 is 0 Å². The summed E-state index contributed by atoms with van der Waals surface area (Å²) in [6.45, 7) is 0.957. The molecule has 1 atom stereocenters. The van der Waals surface area contributed by atoms with Crippen LogP contribution in [0.25, 0.3) is 0 Å². The first-order chi connectivity index (χ1) is 14.3. The first kappa shape index (κ1) is 21.0. The third-order valence-corrected chi connectivity index (χ3v) is 7.57. The Hall–Kier alpha value is -2.24. The predicted octanol–water partition coefficient (Wildman–Crippen LogP) is 0.938. The van der Waals surface area contributed by atoms with Crippen molar-refractivity contribution in [3.63, 3.8) is 0 Å². The summed E-state index contributed by atoms with van der Waals surface area (Å²) in [5, 5.41) is 0.780. The van der Waals surface area contributed by atoms with E-state index in [0.717, 1.165) is 17.7 Å². The fourth-order valence-corrected chi connectivity index (χ4v) is 5.40. The van der Waals surface area contributed by atoms with Crippen LogP contribution < -0.4 is 5.56 Å². The second-order valence-electron chi connectivity index (χ2n) is 7.42. The van der Waals surface area contributed by atoms with E-state index < -0.39 is 10.0 Å². The van der Waals surface area contributed by atoms with Gasteiger partial charge < -0.3 is 9.88 Å². The summed E-state index contributed by atoms with van der Waals surface area (Å²) in [6.07, 6.45) is 4.70. The SMILES string of the molecule is CS(=O)(=O)N1CCc2c(nc([C@H]3CCCN3C(=O)CSc3ccccn3)[nH]c2=O)C1. The molecule has 1 amide bonds. The van der Waals surface area contributed by atoms with E-state index in [1.807, 2.05) is 18.2 Å². The van der Waals surface area contributed by atoms with Crippen LogP contribution in [0.3, 0.4) is 0 Å². The fourth-order valence-electron chi connectivity index (χ4n) is 3.88. The van der Waals surface area contributed by atoms with Crippen molar-refractivity contribution in [1.29, 1.82) is 0 Å². The first-order valence-electron chi connectivity index (χ1n) is 9.73. The number of carbonyl (C=O) groups is 1. The Balaban J connectivity index is 1.53. The minimum Gasteiger partial charge on any atom is -0.332 e. The van der Waals surface area contributed by atoms with Crippen molar-refractivity contribution in [1.82, 2.24) is 24.2 Å². The number of aromatic nitrogens is 3. The van der Waals surface area contributed by atoms with Crippen LogP contribution in [0.4, 0.5) is 0 Å². The lowest BCUT2D eigenvalue weighted by Gasteiger charge is -2.28. The van der Waals surface area contributed by atoms with Gasteiger partial charge in [0, 0.05) is 24.8 Å². The Morgan fingerprint density at radius 2 is 2.17 bits per heavy atom. The normalized spacial score (nSPS) is 19.6. The molecule has 0 spiro atoms. The number of hydrogen-bond donors (Lipinski definition) is 1. The Morgan fingerprint density at radius 3 is 2.90 bits per heavy atom. The van der Waals surface area contributed by atoms with Crippen molar-refractivity contribution in [2.45, 2.75) is 36.9 Å². The molecule has 0 bridgehead atoms. The number of aromatic amines is 1. The maximum atomic E-state index is 12.8. The van der Waals surface area contributed by atoms with Gasteiger partial charge in [-0.1, -0.05) is 17.8 Å². The molecule has 30 heavy (non-hydrogen) atoms. The van der Waals surface area contributed by atoms with Crippen LogP contribution in [0.5, 0.6) is 0 Å². The van der Waals surface area contributed by atoms with E-state index in [4.69, 9.17) is 0 Å². The number of hydrogen-bond acceptors (Lipinski definition) is 7. The highest BCUT2D eigenvalue weighted by Crippen LogP contribution is 2.31. The standard InChI is InChI=1S/C19H23N5O4S2/c1-30(27,28)23-10-7-13-14(11-23)21-18(22-19(13)26)15-5-4-9-24(15)17(25)12-29-16-6-2-3-8-20-16/h2-3,6,8,15H,4-5,7,9-12H2,1H3,(H,21,22,26)/t15-/m1/s1. The van der Waals surface area contributed by atoms with Gasteiger partial charge in [0.1, 0.15) is 5.82 Å². The monoisotopic (exact) mass is 449 g/mol. The number of H-pyrrole nitrogens is 1. The number of pyridine rings is 1. The molecule has 1 saturated heterocycles. The van der Waals surface area contributed by atoms with Crippen LogP contribution in [0, 0.1) is 0 Å². The number of thioether (sulfide) groups is 1. The molecule has 0 aromatic carbocycles. The molecule has 2 aromatic rings. The average molecular weight is 450 g/mol. The zero-order chi connectivity index (χ0) is 21.3. The quantitative estimate of drug-likeness (QED) is 0.675. The number of nitrogens with one attached hydrogen (secondary N) is 1. The zero-order valence-corrected chi connectivity index (χ0v) is 18.2. The summed E-state index contributed by atoms with van der Waals surface area (Å²) in [6, 6.07) is 5.24. The van der Waals surface area contributed by atoms with Crippen molar-refractivity contribution in [2.75, 3.05) is 25.1 Å². The van der Waals surface area contributed by atoms with Gasteiger partial charge in [0.15, 0.2) is 0 Å². The summed E-state index contributed by atoms with van der Waals surface area (Å²) in [7, 11) is -3.36. The van der Waals surface area contributed by atoms with E-state index >= 15 is 0 Å². The second kappa shape index (κ2) is 8.48. The molecule has 4 rings (SSSR count). The maximum Gasteiger partial charge on any atom is 0.254 e. The van der Waals surface area contributed by atoms with Gasteiger partial charge in [0.2, 0.25) is 15.9 Å². The van der Waals surface area contributed by atoms with E-state index in [1.165, 1.54) is 16.1 Å². The zero-order valence-electron chi connectivity index (χ0n) is 16.6. The van der Waals surface area contributed by atoms with Crippen LogP contribution >= 0.6 is 11.8 Å². The van der Waals surface area contributed by atoms with E-state index in [0.29, 0.717) is 36.5 Å². The average Bonchev–Trinajstić information content (AvgIpc) is 3.22. The van der Waals surface area contributed by atoms with Crippen molar-refractivity contribution < 1.29 is 13.2 Å². The molecule has 0 unspecified atom stereocenters. The molecule has 0 saturated carbocycles.